The molecule has 7 nitrogen and oxygen atoms in total. The molecule has 0 saturated carbocycles. The number of carbonyl (C=O) groups is 2. The molecule has 0 fully saturated rings. The fourth-order valence-electron chi connectivity index (χ4n) is 2.40. The molecule has 1 amide bonds. The minimum atomic E-state index is -0.844. The van der Waals surface area contributed by atoms with Crippen molar-refractivity contribution in [2.75, 3.05) is 0 Å². The number of thiophene rings is 1. The van der Waals surface area contributed by atoms with Crippen LogP contribution in [-0.2, 0) is 16.1 Å². The van der Waals surface area contributed by atoms with E-state index in [1.807, 2.05) is 17.5 Å². The third-order valence-electron chi connectivity index (χ3n) is 3.87. The summed E-state index contributed by atoms with van der Waals surface area (Å²) in [5, 5.41) is 8.75. The van der Waals surface area contributed by atoms with E-state index in [4.69, 9.17) is 20.9 Å². The van der Waals surface area contributed by atoms with E-state index in [1.54, 1.807) is 38.1 Å². The molecule has 0 aliphatic carbocycles. The van der Waals surface area contributed by atoms with Crippen LogP contribution in [0.2, 0.25) is 5.02 Å². The zero-order valence-electron chi connectivity index (χ0n) is 15.2. The van der Waals surface area contributed by atoms with Crippen molar-refractivity contribution in [3.63, 3.8) is 0 Å². The Balaban J connectivity index is 1.62. The van der Waals surface area contributed by atoms with Gasteiger partial charge in [-0.25, -0.2) is 4.79 Å². The molecule has 0 aliphatic heterocycles. The molecule has 0 unspecified atom stereocenters. The van der Waals surface area contributed by atoms with Crippen LogP contribution in [0.15, 0.2) is 46.3 Å². The number of amides is 1. The fourth-order valence-corrected chi connectivity index (χ4v) is 3.27. The smallest absolute Gasteiger partial charge is 0.329 e. The number of nitrogens with zero attached hydrogens (tertiary/aromatic N) is 2. The van der Waals surface area contributed by atoms with Gasteiger partial charge in [-0.15, -0.1) is 11.3 Å². The Morgan fingerprint density at radius 1 is 1.25 bits per heavy atom. The van der Waals surface area contributed by atoms with Gasteiger partial charge in [0.25, 0.3) is 11.8 Å². The maximum Gasteiger partial charge on any atom is 0.329 e. The lowest BCUT2D eigenvalue weighted by Crippen LogP contribution is -2.45. The summed E-state index contributed by atoms with van der Waals surface area (Å²) < 4.78 is 10.4. The molecule has 1 aromatic carbocycles. The summed E-state index contributed by atoms with van der Waals surface area (Å²) >= 11 is 7.52. The monoisotopic (exact) mass is 419 g/mol. The predicted molar refractivity (Wildman–Crippen MR) is 105 cm³/mol. The number of nitrogens with one attached hydrogen (secondary N) is 1. The van der Waals surface area contributed by atoms with Crippen molar-refractivity contribution in [3.05, 3.63) is 58.3 Å². The van der Waals surface area contributed by atoms with Gasteiger partial charge >= 0.3 is 5.97 Å². The maximum absolute atomic E-state index is 12.5. The van der Waals surface area contributed by atoms with Crippen LogP contribution in [0.1, 0.15) is 30.1 Å². The Hall–Kier alpha value is -2.71. The summed E-state index contributed by atoms with van der Waals surface area (Å²) in [7, 11) is 0. The van der Waals surface area contributed by atoms with Crippen molar-refractivity contribution in [1.82, 2.24) is 15.5 Å². The fraction of sp³-hybridized carbons (Fsp3) is 0.263. The van der Waals surface area contributed by atoms with Gasteiger partial charge in [-0.1, -0.05) is 48.8 Å². The highest BCUT2D eigenvalue weighted by molar-refractivity contribution is 7.13. The Labute approximate surface area is 170 Å². The minimum absolute atomic E-state index is 0.177. The van der Waals surface area contributed by atoms with Crippen molar-refractivity contribution >= 4 is 34.8 Å². The van der Waals surface area contributed by atoms with Crippen molar-refractivity contribution < 1.29 is 18.8 Å². The van der Waals surface area contributed by atoms with Gasteiger partial charge in [-0.05, 0) is 29.5 Å². The number of ether oxygens (including phenoxy) is 1. The highest BCUT2D eigenvalue weighted by Gasteiger charge is 2.27. The van der Waals surface area contributed by atoms with Crippen molar-refractivity contribution in [2.24, 2.45) is 5.92 Å². The first kappa shape index (κ1) is 20.0. The summed E-state index contributed by atoms with van der Waals surface area (Å²) in [5.41, 5.74) is 0.292. The molecule has 1 atom stereocenters. The molecule has 0 bridgehead atoms. The highest BCUT2D eigenvalue weighted by Crippen LogP contribution is 2.21. The summed E-state index contributed by atoms with van der Waals surface area (Å²) in [5.74, 6) is -0.612. The molecule has 2 heterocycles. The molecule has 0 saturated heterocycles. The number of aromatic nitrogens is 2. The highest BCUT2D eigenvalue weighted by atomic mass is 35.5. The zero-order valence-corrected chi connectivity index (χ0v) is 16.8. The number of rotatable bonds is 7. The van der Waals surface area contributed by atoms with E-state index < -0.39 is 17.9 Å². The van der Waals surface area contributed by atoms with Crippen LogP contribution in [0, 0.1) is 5.92 Å². The molecule has 2 aromatic heterocycles. The van der Waals surface area contributed by atoms with E-state index in [1.165, 1.54) is 11.3 Å². The molecular weight excluding hydrogens is 402 g/mol. The zero-order chi connectivity index (χ0) is 20.1. The summed E-state index contributed by atoms with van der Waals surface area (Å²) in [6.45, 7) is 3.43. The molecule has 1 N–H and O–H groups in total. The lowest BCUT2D eigenvalue weighted by atomic mass is 10.0. The van der Waals surface area contributed by atoms with E-state index in [9.17, 15) is 9.59 Å². The standard InChI is InChI=1S/C19H18ClN3O4S/c1-11(2)16(22-18(24)12-6-3-4-7-13(12)20)19(25)26-10-15-21-17(23-27-15)14-8-5-9-28-14/h3-9,11,16H,10H2,1-2H3,(H,22,24)/t16-/m0/s1. The van der Waals surface area contributed by atoms with Gasteiger partial charge < -0.3 is 14.6 Å². The van der Waals surface area contributed by atoms with Gasteiger partial charge in [0, 0.05) is 0 Å². The van der Waals surface area contributed by atoms with Crippen LogP contribution in [-0.4, -0.2) is 28.1 Å². The van der Waals surface area contributed by atoms with Crippen LogP contribution in [0.25, 0.3) is 10.7 Å². The molecular formula is C19H18ClN3O4S. The lowest BCUT2D eigenvalue weighted by molar-refractivity contribution is -0.149. The minimum Gasteiger partial charge on any atom is -0.454 e. The first-order chi connectivity index (χ1) is 13.5. The Morgan fingerprint density at radius 3 is 2.71 bits per heavy atom. The average molecular weight is 420 g/mol. The van der Waals surface area contributed by atoms with Gasteiger partial charge in [0.1, 0.15) is 6.04 Å². The molecule has 0 aliphatic rings. The van der Waals surface area contributed by atoms with Crippen molar-refractivity contribution in [1.29, 1.82) is 0 Å². The van der Waals surface area contributed by atoms with Gasteiger partial charge in [0.2, 0.25) is 5.82 Å². The van der Waals surface area contributed by atoms with Crippen LogP contribution in [0.5, 0.6) is 0 Å². The number of esters is 1. The first-order valence-electron chi connectivity index (χ1n) is 8.54. The number of halogens is 1. The summed E-state index contributed by atoms with van der Waals surface area (Å²) in [6.07, 6.45) is 0. The quantitative estimate of drug-likeness (QED) is 0.582. The third kappa shape index (κ3) is 4.76. The summed E-state index contributed by atoms with van der Waals surface area (Å²) in [6, 6.07) is 9.52. The van der Waals surface area contributed by atoms with Crippen molar-refractivity contribution in [2.45, 2.75) is 26.5 Å². The Kier molecular flexibility index (Phi) is 6.43. The van der Waals surface area contributed by atoms with E-state index in [0.717, 1.165) is 4.88 Å². The van der Waals surface area contributed by atoms with E-state index >= 15 is 0 Å². The summed E-state index contributed by atoms with van der Waals surface area (Å²) in [4.78, 5) is 30.0. The van der Waals surface area contributed by atoms with Gasteiger partial charge in [-0.3, -0.25) is 4.79 Å². The number of hydrogen-bond donors (Lipinski definition) is 1. The van der Waals surface area contributed by atoms with Crippen LogP contribution in [0.4, 0.5) is 0 Å². The van der Waals surface area contributed by atoms with Gasteiger partial charge in [0.15, 0.2) is 6.61 Å². The van der Waals surface area contributed by atoms with Gasteiger partial charge in [-0.2, -0.15) is 4.98 Å². The Morgan fingerprint density at radius 2 is 2.04 bits per heavy atom. The van der Waals surface area contributed by atoms with Gasteiger partial charge in [0.05, 0.1) is 15.5 Å². The SMILES string of the molecule is CC(C)[C@H](NC(=O)c1ccccc1Cl)C(=O)OCc1nc(-c2cccs2)no1. The van der Waals surface area contributed by atoms with Crippen LogP contribution < -0.4 is 5.32 Å². The second-order valence-electron chi connectivity index (χ2n) is 6.27. The molecule has 3 rings (SSSR count). The maximum atomic E-state index is 12.5. The molecule has 9 heteroatoms. The number of carbonyl (C=O) groups excluding carboxylic acids is 2. The normalized spacial score (nSPS) is 12.0. The molecule has 0 spiro atoms. The van der Waals surface area contributed by atoms with E-state index in [-0.39, 0.29) is 18.4 Å². The number of benzene rings is 1. The largest absolute Gasteiger partial charge is 0.454 e. The topological polar surface area (TPSA) is 94.3 Å². The number of hydrogen-bond acceptors (Lipinski definition) is 7. The average Bonchev–Trinajstić information content (AvgIpc) is 3.35. The molecule has 0 radical (unpaired) electrons. The second kappa shape index (κ2) is 8.99. The predicted octanol–water partition coefficient (Wildman–Crippen LogP) is 3.95. The second-order valence-corrected chi connectivity index (χ2v) is 7.63. The van der Waals surface area contributed by atoms with Crippen LogP contribution in [0.3, 0.4) is 0 Å². The lowest BCUT2D eigenvalue weighted by Gasteiger charge is -2.20. The van der Waals surface area contributed by atoms with E-state index in [2.05, 4.69) is 15.5 Å². The first-order valence-corrected chi connectivity index (χ1v) is 9.80. The van der Waals surface area contributed by atoms with Crippen molar-refractivity contribution in [3.8, 4) is 10.7 Å². The van der Waals surface area contributed by atoms with E-state index in [0.29, 0.717) is 16.4 Å². The third-order valence-corrected chi connectivity index (χ3v) is 5.07. The van der Waals surface area contributed by atoms with Crippen LogP contribution >= 0.6 is 22.9 Å². The molecule has 3 aromatic rings. The Bertz CT molecular complexity index is 956. The molecule has 28 heavy (non-hydrogen) atoms. The molecule has 146 valence electrons.